The van der Waals surface area contributed by atoms with E-state index in [4.69, 9.17) is 40.4 Å². The Hall–Kier alpha value is -1.46. The van der Waals surface area contributed by atoms with Crippen LogP contribution < -0.4 is 17.2 Å². The van der Waals surface area contributed by atoms with Crippen molar-refractivity contribution < 1.29 is 0 Å². The molecule has 1 aromatic carbocycles. The fraction of sp³-hybridized carbons (Fsp3) is 0.111. The monoisotopic (exact) mass is 259 g/mol. The smallest absolute Gasteiger partial charge is 0.223 e. The first-order valence-corrected chi connectivity index (χ1v) is 5.06. The number of benzene rings is 1. The van der Waals surface area contributed by atoms with Crippen molar-refractivity contribution >= 4 is 40.8 Å². The lowest BCUT2D eigenvalue weighted by Gasteiger charge is -2.04. The summed E-state index contributed by atoms with van der Waals surface area (Å²) in [4.78, 5) is 7.53. The van der Waals surface area contributed by atoms with Crippen LogP contribution in [0.1, 0.15) is 5.56 Å². The van der Waals surface area contributed by atoms with Gasteiger partial charge in [-0.15, -0.1) is 0 Å². The predicted molar refractivity (Wildman–Crippen MR) is 68.3 cm³/mol. The van der Waals surface area contributed by atoms with E-state index in [1.807, 2.05) is 0 Å². The van der Waals surface area contributed by atoms with Gasteiger partial charge in [0.15, 0.2) is 5.96 Å². The van der Waals surface area contributed by atoms with Gasteiger partial charge in [-0.05, 0) is 24.6 Å². The van der Waals surface area contributed by atoms with E-state index in [2.05, 4.69) is 9.98 Å². The second-order valence-corrected chi connectivity index (χ2v) is 3.80. The van der Waals surface area contributed by atoms with Crippen LogP contribution in [0.3, 0.4) is 0 Å². The van der Waals surface area contributed by atoms with Crippen molar-refractivity contribution in [2.45, 2.75) is 6.92 Å². The molecule has 0 amide bonds. The molecule has 6 N–H and O–H groups in total. The number of hydrogen-bond donors (Lipinski definition) is 3. The standard InChI is InChI=1S/C9H11Cl2N5/c1-4-5(10)2-3-6(7(4)11)15-9(14)16-8(12)13/h2-3H,1H3,(H6,12,13,14,15,16). The summed E-state index contributed by atoms with van der Waals surface area (Å²) in [5.74, 6) is -0.230. The summed E-state index contributed by atoms with van der Waals surface area (Å²) in [7, 11) is 0. The van der Waals surface area contributed by atoms with Crippen LogP contribution in [0.25, 0.3) is 0 Å². The van der Waals surface area contributed by atoms with Crippen LogP contribution in [0, 0.1) is 6.92 Å². The van der Waals surface area contributed by atoms with E-state index in [-0.39, 0.29) is 11.9 Å². The molecule has 0 radical (unpaired) electrons. The van der Waals surface area contributed by atoms with E-state index in [1.54, 1.807) is 19.1 Å². The molecule has 0 saturated heterocycles. The van der Waals surface area contributed by atoms with Crippen LogP contribution in [-0.4, -0.2) is 11.9 Å². The third-order valence-electron chi connectivity index (χ3n) is 1.78. The van der Waals surface area contributed by atoms with Crippen LogP contribution in [0.5, 0.6) is 0 Å². The number of halogens is 2. The molecule has 0 spiro atoms. The maximum absolute atomic E-state index is 6.02. The van der Waals surface area contributed by atoms with Crippen molar-refractivity contribution in [1.82, 2.24) is 0 Å². The highest BCUT2D eigenvalue weighted by molar-refractivity contribution is 6.37. The molecule has 0 aromatic heterocycles. The largest absolute Gasteiger partial charge is 0.370 e. The molecule has 0 atom stereocenters. The molecular weight excluding hydrogens is 249 g/mol. The van der Waals surface area contributed by atoms with Crippen LogP contribution in [0.2, 0.25) is 10.0 Å². The van der Waals surface area contributed by atoms with Crippen molar-refractivity contribution in [2.24, 2.45) is 27.2 Å². The van der Waals surface area contributed by atoms with Gasteiger partial charge >= 0.3 is 0 Å². The molecule has 5 nitrogen and oxygen atoms in total. The number of nitrogens with zero attached hydrogens (tertiary/aromatic N) is 2. The Morgan fingerprint density at radius 1 is 1.19 bits per heavy atom. The Balaban J connectivity index is 3.17. The Labute approximate surface area is 103 Å². The summed E-state index contributed by atoms with van der Waals surface area (Å²) in [6.45, 7) is 1.78. The topological polar surface area (TPSA) is 103 Å². The number of aliphatic imine (C=N–C) groups is 2. The lowest BCUT2D eigenvalue weighted by Crippen LogP contribution is -2.26. The third kappa shape index (κ3) is 3.01. The van der Waals surface area contributed by atoms with Gasteiger partial charge in [0.05, 0.1) is 10.7 Å². The molecule has 1 aromatic rings. The van der Waals surface area contributed by atoms with E-state index in [0.29, 0.717) is 15.7 Å². The minimum absolute atomic E-state index is 0.0661. The third-order valence-corrected chi connectivity index (χ3v) is 2.67. The fourth-order valence-electron chi connectivity index (χ4n) is 1.01. The highest BCUT2D eigenvalue weighted by Crippen LogP contribution is 2.32. The normalized spacial score (nSPS) is 11.3. The maximum Gasteiger partial charge on any atom is 0.223 e. The van der Waals surface area contributed by atoms with Crippen molar-refractivity contribution in [3.63, 3.8) is 0 Å². The SMILES string of the molecule is Cc1c(Cl)ccc(N=C(N)N=C(N)N)c1Cl. The van der Waals surface area contributed by atoms with Crippen molar-refractivity contribution in [3.05, 3.63) is 27.7 Å². The molecule has 0 bridgehead atoms. The summed E-state index contributed by atoms with van der Waals surface area (Å²) in [5, 5.41) is 0.977. The van der Waals surface area contributed by atoms with Crippen molar-refractivity contribution in [3.8, 4) is 0 Å². The lowest BCUT2D eigenvalue weighted by atomic mass is 10.2. The van der Waals surface area contributed by atoms with Gasteiger partial charge in [-0.1, -0.05) is 23.2 Å². The Morgan fingerprint density at radius 3 is 2.38 bits per heavy atom. The Morgan fingerprint density at radius 2 is 1.81 bits per heavy atom. The summed E-state index contributed by atoms with van der Waals surface area (Å²) >= 11 is 11.9. The molecule has 0 heterocycles. The average Bonchev–Trinajstić information content (AvgIpc) is 2.18. The van der Waals surface area contributed by atoms with Gasteiger partial charge in [0.1, 0.15) is 0 Å². The van der Waals surface area contributed by atoms with Crippen LogP contribution in [0.15, 0.2) is 22.1 Å². The first-order valence-electron chi connectivity index (χ1n) is 4.30. The summed E-state index contributed by atoms with van der Waals surface area (Å²) < 4.78 is 0. The molecule has 0 saturated carbocycles. The van der Waals surface area contributed by atoms with Gasteiger partial charge in [0, 0.05) is 5.02 Å². The molecular formula is C9H11Cl2N5. The second kappa shape index (κ2) is 5.05. The first-order chi connectivity index (χ1) is 7.41. The molecule has 0 fully saturated rings. The maximum atomic E-state index is 6.02. The summed E-state index contributed by atoms with van der Waals surface area (Å²) in [6.07, 6.45) is 0. The zero-order chi connectivity index (χ0) is 12.3. The summed E-state index contributed by atoms with van der Waals surface area (Å²) in [6, 6.07) is 3.30. The van der Waals surface area contributed by atoms with E-state index < -0.39 is 0 Å². The average molecular weight is 260 g/mol. The summed E-state index contributed by atoms with van der Waals surface area (Å²) in [5.41, 5.74) is 17.0. The highest BCUT2D eigenvalue weighted by atomic mass is 35.5. The minimum atomic E-state index is -0.164. The van der Waals surface area contributed by atoms with Gasteiger partial charge in [-0.3, -0.25) is 0 Å². The predicted octanol–water partition coefficient (Wildman–Crippen LogP) is 1.52. The van der Waals surface area contributed by atoms with Gasteiger partial charge < -0.3 is 17.2 Å². The van der Waals surface area contributed by atoms with Crippen molar-refractivity contribution in [2.75, 3.05) is 0 Å². The number of nitrogens with two attached hydrogens (primary N) is 3. The first kappa shape index (κ1) is 12.6. The van der Waals surface area contributed by atoms with Gasteiger partial charge in [-0.25, -0.2) is 4.99 Å². The molecule has 0 aliphatic heterocycles. The molecule has 7 heteroatoms. The van der Waals surface area contributed by atoms with Crippen molar-refractivity contribution in [1.29, 1.82) is 0 Å². The molecule has 0 aliphatic carbocycles. The molecule has 16 heavy (non-hydrogen) atoms. The van der Waals surface area contributed by atoms with Gasteiger partial charge in [0.25, 0.3) is 0 Å². The molecule has 0 aliphatic rings. The zero-order valence-corrected chi connectivity index (χ0v) is 10.0. The van der Waals surface area contributed by atoms with E-state index in [9.17, 15) is 0 Å². The Bertz CT molecular complexity index is 463. The zero-order valence-electron chi connectivity index (χ0n) is 8.54. The van der Waals surface area contributed by atoms with Crippen LogP contribution in [-0.2, 0) is 0 Å². The molecule has 1 rings (SSSR count). The van der Waals surface area contributed by atoms with Crippen LogP contribution >= 0.6 is 23.2 Å². The second-order valence-electron chi connectivity index (χ2n) is 3.01. The Kier molecular flexibility index (Phi) is 3.98. The lowest BCUT2D eigenvalue weighted by molar-refractivity contribution is 1.36. The molecule has 0 unspecified atom stereocenters. The fourth-order valence-corrected chi connectivity index (χ4v) is 1.43. The number of hydrogen-bond acceptors (Lipinski definition) is 1. The van der Waals surface area contributed by atoms with Crippen LogP contribution in [0.4, 0.5) is 5.69 Å². The van der Waals surface area contributed by atoms with E-state index in [1.165, 1.54) is 0 Å². The van der Waals surface area contributed by atoms with Gasteiger partial charge in [0.2, 0.25) is 5.96 Å². The highest BCUT2D eigenvalue weighted by Gasteiger charge is 2.06. The van der Waals surface area contributed by atoms with E-state index >= 15 is 0 Å². The van der Waals surface area contributed by atoms with E-state index in [0.717, 1.165) is 5.56 Å². The minimum Gasteiger partial charge on any atom is -0.370 e. The number of guanidine groups is 2. The number of rotatable bonds is 1. The van der Waals surface area contributed by atoms with Gasteiger partial charge in [-0.2, -0.15) is 4.99 Å². The molecule has 86 valence electrons. The quantitative estimate of drug-likeness (QED) is 0.526.